The van der Waals surface area contributed by atoms with Gasteiger partial charge in [-0.05, 0) is 142 Å². The van der Waals surface area contributed by atoms with Crippen LogP contribution in [-0.4, -0.2) is 129 Å². The van der Waals surface area contributed by atoms with Gasteiger partial charge in [0.05, 0.1) is 18.7 Å². The molecule has 2 fully saturated rings. The van der Waals surface area contributed by atoms with Gasteiger partial charge in [-0.2, -0.15) is 0 Å². The summed E-state index contributed by atoms with van der Waals surface area (Å²) in [5.74, 6) is 0.227. The lowest BCUT2D eigenvalue weighted by Gasteiger charge is -2.36. The van der Waals surface area contributed by atoms with Gasteiger partial charge in [0.15, 0.2) is 19.1 Å². The van der Waals surface area contributed by atoms with Gasteiger partial charge in [0.1, 0.15) is 18.2 Å². The number of hydrogen-bond donors (Lipinski definition) is 0. The summed E-state index contributed by atoms with van der Waals surface area (Å²) in [6.07, 6.45) is 13.2. The average molecular weight is 1040 g/mol. The summed E-state index contributed by atoms with van der Waals surface area (Å²) < 4.78 is 33.7. The van der Waals surface area contributed by atoms with Crippen LogP contribution in [0.3, 0.4) is 0 Å². The highest BCUT2D eigenvalue weighted by atomic mass is 32.1. The van der Waals surface area contributed by atoms with E-state index in [2.05, 4.69) is 85.5 Å². The molecule has 3 aliphatic heterocycles. The molecule has 6 heterocycles. The number of unbranched alkanes of at least 4 members (excludes halogenated alkanes) is 2. The number of carbonyl (C=O) groups excluding carboxylic acids is 2. The Morgan fingerprint density at radius 2 is 1.30 bits per heavy atom. The van der Waals surface area contributed by atoms with Crippen LogP contribution in [0, 0.1) is 0 Å². The van der Waals surface area contributed by atoms with Gasteiger partial charge in [0.25, 0.3) is 11.5 Å². The quantitative estimate of drug-likeness (QED) is 0.0366. The molecule has 0 saturated carbocycles. The number of nitrogens with zero attached hydrogens (tertiary/aromatic N) is 6. The number of amides is 1. The molecule has 14 nitrogen and oxygen atoms in total. The van der Waals surface area contributed by atoms with Crippen molar-refractivity contribution in [2.75, 3.05) is 102 Å². The second-order valence-corrected chi connectivity index (χ2v) is 21.2. The largest absolute Gasteiger partial charge is 0.494 e. The van der Waals surface area contributed by atoms with Crippen LogP contribution in [0.1, 0.15) is 46.0 Å². The smallest absolute Gasteiger partial charge is 0.339 e. The van der Waals surface area contributed by atoms with Crippen molar-refractivity contribution in [2.24, 2.45) is 0 Å². The van der Waals surface area contributed by atoms with Crippen LogP contribution in [-0.2, 0) is 35.3 Å². The van der Waals surface area contributed by atoms with Gasteiger partial charge in [0.2, 0.25) is 0 Å². The SMILES string of the molecule is C=C1/C=C(OCCCCN2CCN(c3cccc4sccc34)CC2)\C=C/C/C=C\C(=O)N1COCOC(C)(C)C(=O)OCn1c(=O)ccc2ccc(OCCCCN3CCN(c4cccc5sccc45)CC3)cc21. The maximum atomic E-state index is 13.4. The molecule has 0 N–H and O–H groups in total. The number of esters is 1. The van der Waals surface area contributed by atoms with E-state index in [1.54, 1.807) is 54.7 Å². The second kappa shape index (κ2) is 25.3. The van der Waals surface area contributed by atoms with Crippen LogP contribution in [0.25, 0.3) is 31.1 Å². The second-order valence-electron chi connectivity index (χ2n) is 19.3. The number of rotatable bonds is 22. The maximum Gasteiger partial charge on any atom is 0.339 e. The van der Waals surface area contributed by atoms with E-state index in [1.807, 2.05) is 30.4 Å². The molecule has 0 aliphatic carbocycles. The number of pyridine rings is 1. The van der Waals surface area contributed by atoms with Crippen molar-refractivity contribution in [1.29, 1.82) is 0 Å². The highest BCUT2D eigenvalue weighted by molar-refractivity contribution is 7.17. The standard InChI is InChI=1S/C58H68N6O8S2/c1-44-39-46(69-35-9-7-25-59-27-31-61(32-28-59)50-14-11-16-53-48(50)23-37-73-53)13-5-4-6-18-55(65)63(44)41-68-43-72-58(2,3)57(67)71-42-64-52-40-47(21-19-45(52)20-22-56(64)66)70-36-10-8-26-60-29-33-62(34-30-60)51-15-12-17-54-49(51)24-38-74-54/h5-6,11-24,37-40H,1,4,7-10,25-36,41-43H2,2-3H3/b13-5-,18-6-,46-39+. The summed E-state index contributed by atoms with van der Waals surface area (Å²) in [7, 11) is 0. The van der Waals surface area contributed by atoms with Crippen LogP contribution < -0.4 is 20.1 Å². The van der Waals surface area contributed by atoms with Crippen LogP contribution in [0.15, 0.2) is 143 Å². The first-order valence-electron chi connectivity index (χ1n) is 25.8. The maximum absolute atomic E-state index is 13.4. The molecule has 3 aromatic heterocycles. The molecule has 0 bridgehead atoms. The molecule has 9 rings (SSSR count). The third kappa shape index (κ3) is 13.5. The summed E-state index contributed by atoms with van der Waals surface area (Å²) in [6, 6.07) is 26.4. The topological polar surface area (TPSA) is 118 Å². The lowest BCUT2D eigenvalue weighted by Crippen LogP contribution is -2.46. The molecule has 0 unspecified atom stereocenters. The molecule has 6 aromatic rings. The summed E-state index contributed by atoms with van der Waals surface area (Å²) >= 11 is 3.58. The van der Waals surface area contributed by atoms with Crippen molar-refractivity contribution in [3.8, 4) is 5.75 Å². The summed E-state index contributed by atoms with van der Waals surface area (Å²) in [4.78, 5) is 51.2. The Kier molecular flexibility index (Phi) is 18.0. The monoisotopic (exact) mass is 1040 g/mol. The molecular formula is C58H68N6O8S2. The predicted octanol–water partition coefficient (Wildman–Crippen LogP) is 10.0. The molecule has 2 saturated heterocycles. The molecule has 0 radical (unpaired) electrons. The van der Waals surface area contributed by atoms with Gasteiger partial charge in [-0.3, -0.25) is 28.9 Å². The summed E-state index contributed by atoms with van der Waals surface area (Å²) in [5.41, 5.74) is 1.87. The minimum atomic E-state index is -1.44. The van der Waals surface area contributed by atoms with Crippen molar-refractivity contribution in [1.82, 2.24) is 19.3 Å². The highest BCUT2D eigenvalue weighted by Gasteiger charge is 2.31. The Bertz CT molecular complexity index is 3030. The highest BCUT2D eigenvalue weighted by Crippen LogP contribution is 2.33. The minimum Gasteiger partial charge on any atom is -0.494 e. The minimum absolute atomic E-state index is 0.183. The van der Waals surface area contributed by atoms with Crippen molar-refractivity contribution in [2.45, 2.75) is 58.3 Å². The fourth-order valence-corrected chi connectivity index (χ4v) is 11.2. The molecule has 0 atom stereocenters. The van der Waals surface area contributed by atoms with E-state index in [0.717, 1.165) is 96.5 Å². The third-order valence-corrected chi connectivity index (χ3v) is 15.7. The molecule has 16 heteroatoms. The molecule has 3 aliphatic rings. The van der Waals surface area contributed by atoms with Crippen molar-refractivity contribution >= 4 is 77.0 Å². The van der Waals surface area contributed by atoms with E-state index in [1.165, 1.54) is 53.2 Å². The number of piperazine rings is 2. The first-order valence-corrected chi connectivity index (χ1v) is 27.6. The van der Waals surface area contributed by atoms with Gasteiger partial charge in [0, 0.05) is 108 Å². The Morgan fingerprint density at radius 3 is 1.95 bits per heavy atom. The Hall–Kier alpha value is -6.27. The number of ether oxygens (including phenoxy) is 5. The first-order chi connectivity index (χ1) is 36.1. The fourth-order valence-electron chi connectivity index (χ4n) is 9.54. The van der Waals surface area contributed by atoms with Gasteiger partial charge >= 0.3 is 5.97 Å². The fraction of sp³-hybridized carbons (Fsp3) is 0.397. The van der Waals surface area contributed by atoms with Crippen molar-refractivity contribution in [3.05, 3.63) is 148 Å². The van der Waals surface area contributed by atoms with Crippen molar-refractivity contribution < 1.29 is 33.3 Å². The summed E-state index contributed by atoms with van der Waals surface area (Å²) in [6.45, 7) is 17.7. The number of thiophene rings is 2. The number of hydrogen-bond acceptors (Lipinski definition) is 14. The molecule has 1 amide bonds. The Balaban J connectivity index is 0.681. The van der Waals surface area contributed by atoms with E-state index in [9.17, 15) is 14.4 Å². The van der Waals surface area contributed by atoms with Crippen LogP contribution >= 0.6 is 22.7 Å². The number of aromatic nitrogens is 1. The average Bonchev–Trinajstić information content (AvgIpc) is 4.11. The van der Waals surface area contributed by atoms with E-state index < -0.39 is 11.6 Å². The van der Waals surface area contributed by atoms with Crippen LogP contribution in [0.2, 0.25) is 0 Å². The molecular weight excluding hydrogens is 973 g/mol. The zero-order valence-corrected chi connectivity index (χ0v) is 44.3. The zero-order valence-electron chi connectivity index (χ0n) is 42.7. The molecule has 390 valence electrons. The number of allylic oxidation sites excluding steroid dienone is 4. The number of carbonyl (C=O) groups is 2. The van der Waals surface area contributed by atoms with Crippen LogP contribution in [0.4, 0.5) is 11.4 Å². The van der Waals surface area contributed by atoms with Crippen LogP contribution in [0.5, 0.6) is 5.75 Å². The zero-order chi connectivity index (χ0) is 51.3. The normalized spacial score (nSPS) is 18.0. The van der Waals surface area contributed by atoms with E-state index in [0.29, 0.717) is 42.4 Å². The lowest BCUT2D eigenvalue weighted by molar-refractivity contribution is -0.191. The molecule has 74 heavy (non-hydrogen) atoms. The molecule has 3 aromatic carbocycles. The predicted molar refractivity (Wildman–Crippen MR) is 298 cm³/mol. The van der Waals surface area contributed by atoms with Gasteiger partial charge in [-0.15, -0.1) is 22.7 Å². The summed E-state index contributed by atoms with van der Waals surface area (Å²) in [5, 5.41) is 7.82. The Labute approximate surface area is 441 Å². The molecule has 0 spiro atoms. The lowest BCUT2D eigenvalue weighted by atomic mass is 10.1. The van der Waals surface area contributed by atoms with Gasteiger partial charge in [-0.25, -0.2) is 4.79 Å². The number of fused-ring (bicyclic) bond motifs is 3. The van der Waals surface area contributed by atoms with E-state index >= 15 is 0 Å². The van der Waals surface area contributed by atoms with Gasteiger partial charge < -0.3 is 33.5 Å². The van der Waals surface area contributed by atoms with Crippen molar-refractivity contribution in [3.63, 3.8) is 0 Å². The van der Waals surface area contributed by atoms with E-state index in [-0.39, 0.29) is 31.7 Å². The van der Waals surface area contributed by atoms with E-state index in [4.69, 9.17) is 23.7 Å². The Morgan fingerprint density at radius 1 is 0.689 bits per heavy atom. The first kappa shape index (κ1) is 52.6. The number of anilines is 2. The third-order valence-electron chi connectivity index (χ3n) is 13.9. The number of benzene rings is 3. The van der Waals surface area contributed by atoms with Gasteiger partial charge in [-0.1, -0.05) is 30.9 Å².